The van der Waals surface area contributed by atoms with Crippen molar-refractivity contribution in [1.82, 2.24) is 10.2 Å². The number of hydrogen-bond donors (Lipinski definition) is 3. The number of rotatable bonds is 13. The van der Waals surface area contributed by atoms with E-state index in [9.17, 15) is 40.2 Å². The van der Waals surface area contributed by atoms with Gasteiger partial charge in [0.15, 0.2) is 18.3 Å². The number of hydrogen-bond acceptors (Lipinski definition) is 7. The molecule has 2 aromatic rings. The fourth-order valence-electron chi connectivity index (χ4n) is 3.51. The van der Waals surface area contributed by atoms with Gasteiger partial charge in [-0.15, -0.1) is 11.8 Å². The molecular formula is C25H29ClF8N4O2S. The van der Waals surface area contributed by atoms with E-state index < -0.39 is 75.5 Å². The van der Waals surface area contributed by atoms with Gasteiger partial charge in [0.25, 0.3) is 0 Å². The minimum Gasteiger partial charge on any atom is -0.470 e. The van der Waals surface area contributed by atoms with Gasteiger partial charge in [0, 0.05) is 25.5 Å². The van der Waals surface area contributed by atoms with Gasteiger partial charge in [-0.2, -0.15) is 26.3 Å². The zero-order chi connectivity index (χ0) is 31.1. The van der Waals surface area contributed by atoms with E-state index in [1.807, 2.05) is 0 Å². The summed E-state index contributed by atoms with van der Waals surface area (Å²) in [4.78, 5) is 2.86. The van der Waals surface area contributed by atoms with Crippen LogP contribution >= 0.6 is 23.4 Å². The molecule has 0 radical (unpaired) electrons. The summed E-state index contributed by atoms with van der Waals surface area (Å²) in [6.07, 6.45) is -7.12. The molecule has 0 aromatic heterocycles. The Hall–Kier alpha value is -2.62. The Morgan fingerprint density at radius 2 is 1.76 bits per heavy atom. The van der Waals surface area contributed by atoms with Gasteiger partial charge in [-0.25, -0.2) is 8.78 Å². The molecule has 2 atom stereocenters. The van der Waals surface area contributed by atoms with E-state index in [4.69, 9.17) is 16.3 Å². The van der Waals surface area contributed by atoms with Crippen LogP contribution in [0.1, 0.15) is 18.1 Å². The molecular weight excluding hydrogens is 608 g/mol. The average Bonchev–Trinajstić information content (AvgIpc) is 2.86. The second-order valence-electron chi connectivity index (χ2n) is 8.94. The smallest absolute Gasteiger partial charge is 0.420 e. The van der Waals surface area contributed by atoms with Crippen molar-refractivity contribution in [3.63, 3.8) is 0 Å². The van der Waals surface area contributed by atoms with Crippen LogP contribution in [-0.2, 0) is 12.4 Å². The third-order valence-electron chi connectivity index (χ3n) is 5.51. The first-order valence-corrected chi connectivity index (χ1v) is 13.5. The first-order valence-electron chi connectivity index (χ1n) is 11.8. The molecule has 2 rings (SSSR count). The number of benzene rings is 2. The van der Waals surface area contributed by atoms with Crippen molar-refractivity contribution in [1.29, 1.82) is 0 Å². The number of halogens is 9. The van der Waals surface area contributed by atoms with Crippen LogP contribution in [0.2, 0.25) is 5.02 Å². The second-order valence-corrected chi connectivity index (χ2v) is 10.5. The standard InChI is InChI=1S/C25H29ClF8N4O2S/c1-14(41-4)38(8-7-35-11-16(39)12-37(2)3)20-10-15(24(29,30)31)9-17(25(32,33)34)23(20)40-13-36-19-6-5-18(27)21(26)22(19)28/h5-10,14,16,35-36,39H,11-13H2,1-4H3/b8-7-. The molecule has 0 fully saturated rings. The van der Waals surface area contributed by atoms with E-state index >= 15 is 0 Å². The van der Waals surface area contributed by atoms with Gasteiger partial charge >= 0.3 is 12.4 Å². The van der Waals surface area contributed by atoms with Crippen LogP contribution in [0, 0.1) is 11.6 Å². The van der Waals surface area contributed by atoms with Crippen molar-refractivity contribution in [2.24, 2.45) is 0 Å². The summed E-state index contributed by atoms with van der Waals surface area (Å²) in [7, 11) is 3.48. The number of alkyl halides is 6. The molecule has 16 heteroatoms. The van der Waals surface area contributed by atoms with Crippen LogP contribution in [-0.4, -0.2) is 61.7 Å². The monoisotopic (exact) mass is 636 g/mol. The lowest BCUT2D eigenvalue weighted by molar-refractivity contribution is -0.143. The molecule has 230 valence electrons. The summed E-state index contributed by atoms with van der Waals surface area (Å²) in [6, 6.07) is 2.18. The highest BCUT2D eigenvalue weighted by Crippen LogP contribution is 2.47. The van der Waals surface area contributed by atoms with Crippen LogP contribution in [0.3, 0.4) is 0 Å². The number of nitrogens with one attached hydrogen (secondary N) is 2. The van der Waals surface area contributed by atoms with Crippen LogP contribution in [0.5, 0.6) is 5.75 Å². The first-order chi connectivity index (χ1) is 19.0. The fourth-order valence-corrected chi connectivity index (χ4v) is 4.09. The van der Waals surface area contributed by atoms with E-state index in [-0.39, 0.29) is 12.6 Å². The summed E-state index contributed by atoms with van der Waals surface area (Å²) < 4.78 is 116. The summed E-state index contributed by atoms with van der Waals surface area (Å²) in [5.41, 5.74) is -4.28. The SMILES string of the molecule is CSC(C)N(/C=C\NCC(O)CN(C)C)c1cc(C(F)(F)F)cc(C(F)(F)F)c1OCNc1ccc(F)c(Cl)c1F. The van der Waals surface area contributed by atoms with E-state index in [0.717, 1.165) is 28.8 Å². The number of aliphatic hydroxyl groups is 1. The Kier molecular flexibility index (Phi) is 12.2. The highest BCUT2D eigenvalue weighted by atomic mass is 35.5. The number of aliphatic hydroxyl groups excluding tert-OH is 1. The maximum atomic E-state index is 14.3. The number of thioether (sulfide) groups is 1. The largest absolute Gasteiger partial charge is 0.470 e. The third kappa shape index (κ3) is 9.72. The second kappa shape index (κ2) is 14.5. The normalized spacial score (nSPS) is 13.9. The van der Waals surface area contributed by atoms with Crippen LogP contribution in [0.25, 0.3) is 0 Å². The molecule has 6 nitrogen and oxygen atoms in total. The predicted molar refractivity (Wildman–Crippen MR) is 144 cm³/mol. The first kappa shape index (κ1) is 34.6. The molecule has 0 aliphatic carbocycles. The number of anilines is 2. The minimum atomic E-state index is -5.28. The molecule has 0 aliphatic rings. The molecule has 3 N–H and O–H groups in total. The van der Waals surface area contributed by atoms with E-state index in [2.05, 4.69) is 10.6 Å². The summed E-state index contributed by atoms with van der Waals surface area (Å²) in [5, 5.41) is 13.5. The molecule has 0 amide bonds. The molecule has 41 heavy (non-hydrogen) atoms. The van der Waals surface area contributed by atoms with Gasteiger partial charge in [0.1, 0.15) is 16.4 Å². The van der Waals surface area contributed by atoms with Crippen molar-refractivity contribution < 1.29 is 45.0 Å². The van der Waals surface area contributed by atoms with Gasteiger partial charge in [0.2, 0.25) is 0 Å². The zero-order valence-corrected chi connectivity index (χ0v) is 23.9. The molecule has 0 spiro atoms. The summed E-state index contributed by atoms with van der Waals surface area (Å²) >= 11 is 6.64. The molecule has 0 saturated carbocycles. The van der Waals surface area contributed by atoms with Crippen molar-refractivity contribution in [2.75, 3.05) is 50.4 Å². The minimum absolute atomic E-state index is 0.0473. The van der Waals surface area contributed by atoms with Crippen molar-refractivity contribution in [2.45, 2.75) is 30.8 Å². The van der Waals surface area contributed by atoms with Gasteiger partial charge in [0.05, 0.1) is 28.4 Å². The number of likely N-dealkylation sites (N-methyl/N-ethyl adjacent to an activating group) is 1. The average molecular weight is 637 g/mol. The maximum absolute atomic E-state index is 14.3. The van der Waals surface area contributed by atoms with E-state index in [0.29, 0.717) is 12.6 Å². The molecule has 0 aliphatic heterocycles. The van der Waals surface area contributed by atoms with E-state index in [1.165, 1.54) is 12.4 Å². The van der Waals surface area contributed by atoms with Gasteiger partial charge in [-0.1, -0.05) is 11.6 Å². The van der Waals surface area contributed by atoms with Gasteiger partial charge in [-0.3, -0.25) is 0 Å². The van der Waals surface area contributed by atoms with E-state index in [1.54, 1.807) is 32.2 Å². The highest BCUT2D eigenvalue weighted by molar-refractivity contribution is 7.99. The Morgan fingerprint density at radius 3 is 2.32 bits per heavy atom. The molecule has 0 saturated heterocycles. The van der Waals surface area contributed by atoms with Crippen molar-refractivity contribution in [3.8, 4) is 5.75 Å². The lowest BCUT2D eigenvalue weighted by atomic mass is 10.1. The topological polar surface area (TPSA) is 60.0 Å². The zero-order valence-electron chi connectivity index (χ0n) is 22.3. The number of ether oxygens (including phenoxy) is 1. The molecule has 0 heterocycles. The molecule has 2 aromatic carbocycles. The lowest BCUT2D eigenvalue weighted by Gasteiger charge is -2.31. The van der Waals surface area contributed by atoms with Crippen LogP contribution in [0.4, 0.5) is 46.5 Å². The summed E-state index contributed by atoms with van der Waals surface area (Å²) in [5.74, 6) is -3.27. The quantitative estimate of drug-likeness (QED) is 0.130. The van der Waals surface area contributed by atoms with Crippen LogP contribution < -0.4 is 20.3 Å². The Balaban J connectivity index is 2.56. The Bertz CT molecular complexity index is 1200. The van der Waals surface area contributed by atoms with Gasteiger partial charge < -0.3 is 30.3 Å². The Labute approximate surface area is 241 Å². The molecule has 0 bridgehead atoms. The van der Waals surface area contributed by atoms with Crippen LogP contribution in [0.15, 0.2) is 36.7 Å². The fraction of sp³-hybridized carbons (Fsp3) is 0.440. The predicted octanol–water partition coefficient (Wildman–Crippen LogP) is 6.60. The molecule has 2 unspecified atom stereocenters. The Morgan fingerprint density at radius 1 is 1.10 bits per heavy atom. The maximum Gasteiger partial charge on any atom is 0.420 e. The lowest BCUT2D eigenvalue weighted by Crippen LogP contribution is -2.33. The van der Waals surface area contributed by atoms with Gasteiger partial charge in [-0.05, 0) is 51.5 Å². The number of nitrogens with zero attached hydrogens (tertiary/aromatic N) is 2. The third-order valence-corrected chi connectivity index (χ3v) is 6.77. The highest BCUT2D eigenvalue weighted by Gasteiger charge is 2.41. The van der Waals surface area contributed by atoms with Crippen molar-refractivity contribution >= 4 is 34.7 Å². The van der Waals surface area contributed by atoms with Crippen molar-refractivity contribution in [3.05, 3.63) is 64.4 Å². The summed E-state index contributed by atoms with van der Waals surface area (Å²) in [6.45, 7) is 1.05.